The maximum absolute atomic E-state index is 13.0. The smallest absolute Gasteiger partial charge is 0.253 e. The van der Waals surface area contributed by atoms with Gasteiger partial charge in [0, 0.05) is 56.9 Å². The van der Waals surface area contributed by atoms with E-state index in [0.29, 0.717) is 25.5 Å². The Labute approximate surface area is 188 Å². The Bertz CT molecular complexity index is 1070. The van der Waals surface area contributed by atoms with Gasteiger partial charge in [-0.3, -0.25) is 9.69 Å². The van der Waals surface area contributed by atoms with Crippen molar-refractivity contribution >= 4 is 11.6 Å². The molecule has 0 radical (unpaired) electrons. The standard InChI is InChI=1S/C25H29N5O2/c1-2-24-26-23(27-32-24)18-28-13-15-29(16-14-28)25(31)20-7-9-22(10-8-20)30-12-11-19-5-3-4-6-21(19)17-30/h3-10H,2,11-18H2,1H3. The van der Waals surface area contributed by atoms with Gasteiger partial charge in [0.1, 0.15) is 0 Å². The molecule has 0 unspecified atom stereocenters. The molecule has 3 heterocycles. The van der Waals surface area contributed by atoms with Crippen molar-refractivity contribution in [3.05, 3.63) is 76.9 Å². The Morgan fingerprint density at radius 1 is 0.969 bits per heavy atom. The van der Waals surface area contributed by atoms with Crippen molar-refractivity contribution in [2.45, 2.75) is 32.9 Å². The van der Waals surface area contributed by atoms with Gasteiger partial charge >= 0.3 is 0 Å². The van der Waals surface area contributed by atoms with Crippen LogP contribution in [0.1, 0.15) is 40.1 Å². The van der Waals surface area contributed by atoms with Crippen LogP contribution < -0.4 is 4.90 Å². The average Bonchev–Trinajstić information content (AvgIpc) is 3.31. The number of benzene rings is 2. The lowest BCUT2D eigenvalue weighted by Gasteiger charge is -2.34. The highest BCUT2D eigenvalue weighted by Crippen LogP contribution is 2.25. The molecule has 0 atom stereocenters. The second kappa shape index (κ2) is 9.12. The predicted octanol–water partition coefficient (Wildman–Crippen LogP) is 3.15. The third-order valence-corrected chi connectivity index (χ3v) is 6.45. The van der Waals surface area contributed by atoms with Crippen LogP contribution in [0.4, 0.5) is 5.69 Å². The van der Waals surface area contributed by atoms with Crippen LogP contribution in [-0.2, 0) is 25.9 Å². The number of aryl methyl sites for hydroxylation is 1. The minimum Gasteiger partial charge on any atom is -0.367 e. The third-order valence-electron chi connectivity index (χ3n) is 6.45. The topological polar surface area (TPSA) is 65.7 Å². The highest BCUT2D eigenvalue weighted by atomic mass is 16.5. The van der Waals surface area contributed by atoms with E-state index < -0.39 is 0 Å². The summed E-state index contributed by atoms with van der Waals surface area (Å²) in [5.74, 6) is 1.50. The minimum atomic E-state index is 0.105. The van der Waals surface area contributed by atoms with Crippen LogP contribution in [0.3, 0.4) is 0 Å². The van der Waals surface area contributed by atoms with Crippen LogP contribution in [0.2, 0.25) is 0 Å². The minimum absolute atomic E-state index is 0.105. The molecule has 7 heteroatoms. The fourth-order valence-electron chi connectivity index (χ4n) is 4.52. The molecule has 2 aliphatic heterocycles. The van der Waals surface area contributed by atoms with Gasteiger partial charge in [0.25, 0.3) is 5.91 Å². The van der Waals surface area contributed by atoms with Gasteiger partial charge in [-0.25, -0.2) is 0 Å². The van der Waals surface area contributed by atoms with E-state index in [1.54, 1.807) is 0 Å². The first-order valence-electron chi connectivity index (χ1n) is 11.4. The van der Waals surface area contributed by atoms with Crippen molar-refractivity contribution < 1.29 is 9.32 Å². The molecule has 0 aliphatic carbocycles. The average molecular weight is 432 g/mol. The lowest BCUT2D eigenvalue weighted by Crippen LogP contribution is -2.48. The van der Waals surface area contributed by atoms with Gasteiger partial charge in [-0.05, 0) is 41.8 Å². The van der Waals surface area contributed by atoms with Crippen LogP contribution in [0.15, 0.2) is 53.1 Å². The van der Waals surface area contributed by atoms with Crippen molar-refractivity contribution in [3.8, 4) is 0 Å². The number of carbonyl (C=O) groups excluding carboxylic acids is 1. The quantitative estimate of drug-likeness (QED) is 0.618. The molecular formula is C25H29N5O2. The summed E-state index contributed by atoms with van der Waals surface area (Å²) in [5.41, 5.74) is 4.76. The second-order valence-electron chi connectivity index (χ2n) is 8.51. The number of rotatable bonds is 5. The first-order chi connectivity index (χ1) is 15.7. The highest BCUT2D eigenvalue weighted by Gasteiger charge is 2.24. The van der Waals surface area contributed by atoms with E-state index in [2.05, 4.69) is 56.3 Å². The molecule has 166 valence electrons. The Kier molecular flexibility index (Phi) is 5.90. The largest absolute Gasteiger partial charge is 0.367 e. The van der Waals surface area contributed by atoms with Gasteiger partial charge in [0.2, 0.25) is 5.89 Å². The highest BCUT2D eigenvalue weighted by molar-refractivity contribution is 5.94. The van der Waals surface area contributed by atoms with E-state index in [4.69, 9.17) is 4.52 Å². The van der Waals surface area contributed by atoms with Crippen molar-refractivity contribution in [3.63, 3.8) is 0 Å². The molecule has 32 heavy (non-hydrogen) atoms. The normalized spacial score (nSPS) is 16.8. The Hall–Kier alpha value is -3.19. The molecule has 1 amide bonds. The van der Waals surface area contributed by atoms with E-state index >= 15 is 0 Å². The summed E-state index contributed by atoms with van der Waals surface area (Å²) >= 11 is 0. The summed E-state index contributed by atoms with van der Waals surface area (Å²) in [4.78, 5) is 24.0. The molecule has 0 N–H and O–H groups in total. The molecule has 0 saturated carbocycles. The van der Waals surface area contributed by atoms with E-state index in [1.165, 1.54) is 16.8 Å². The second-order valence-corrected chi connectivity index (χ2v) is 8.51. The zero-order valence-corrected chi connectivity index (χ0v) is 18.5. The zero-order chi connectivity index (χ0) is 21.9. The molecule has 0 spiro atoms. The number of fused-ring (bicyclic) bond motifs is 1. The Balaban J connectivity index is 1.16. The molecule has 3 aromatic rings. The maximum atomic E-state index is 13.0. The van der Waals surface area contributed by atoms with Gasteiger partial charge in [0.15, 0.2) is 5.82 Å². The number of amides is 1. The van der Waals surface area contributed by atoms with E-state index in [1.807, 2.05) is 24.0 Å². The molecule has 1 aromatic heterocycles. The van der Waals surface area contributed by atoms with Gasteiger partial charge in [-0.2, -0.15) is 4.98 Å². The summed E-state index contributed by atoms with van der Waals surface area (Å²) in [6.45, 7) is 7.64. The van der Waals surface area contributed by atoms with E-state index in [9.17, 15) is 4.79 Å². The van der Waals surface area contributed by atoms with E-state index in [-0.39, 0.29) is 5.91 Å². The van der Waals surface area contributed by atoms with Crippen LogP contribution in [0.5, 0.6) is 0 Å². The molecule has 7 nitrogen and oxygen atoms in total. The van der Waals surface area contributed by atoms with Crippen LogP contribution in [0.25, 0.3) is 0 Å². The maximum Gasteiger partial charge on any atom is 0.253 e. The van der Waals surface area contributed by atoms with Crippen molar-refractivity contribution in [1.29, 1.82) is 0 Å². The first-order valence-corrected chi connectivity index (χ1v) is 11.4. The summed E-state index contributed by atoms with van der Waals surface area (Å²) in [7, 11) is 0. The SMILES string of the molecule is CCc1nc(CN2CCN(C(=O)c3ccc(N4CCc5ccccc5C4)cc3)CC2)no1. The summed E-state index contributed by atoms with van der Waals surface area (Å²) in [6, 6.07) is 16.8. The van der Waals surface area contributed by atoms with Gasteiger partial charge in [-0.15, -0.1) is 0 Å². The van der Waals surface area contributed by atoms with Crippen LogP contribution in [0, 0.1) is 0 Å². The zero-order valence-electron chi connectivity index (χ0n) is 18.5. The summed E-state index contributed by atoms with van der Waals surface area (Å²) < 4.78 is 5.19. The number of hydrogen-bond acceptors (Lipinski definition) is 6. The number of nitrogens with zero attached hydrogens (tertiary/aromatic N) is 5. The molecule has 5 rings (SSSR count). The molecular weight excluding hydrogens is 402 g/mol. The van der Waals surface area contributed by atoms with Gasteiger partial charge < -0.3 is 14.3 Å². The molecule has 0 bridgehead atoms. The predicted molar refractivity (Wildman–Crippen MR) is 122 cm³/mol. The Morgan fingerprint density at radius 2 is 1.72 bits per heavy atom. The third kappa shape index (κ3) is 4.39. The van der Waals surface area contributed by atoms with Crippen LogP contribution in [-0.4, -0.2) is 58.6 Å². The molecule has 1 fully saturated rings. The lowest BCUT2D eigenvalue weighted by molar-refractivity contribution is 0.0624. The fraction of sp³-hybridized carbons (Fsp3) is 0.400. The number of hydrogen-bond donors (Lipinski definition) is 0. The molecule has 2 aliphatic rings. The fourth-order valence-corrected chi connectivity index (χ4v) is 4.52. The van der Waals surface area contributed by atoms with Gasteiger partial charge in [0.05, 0.1) is 6.54 Å². The number of anilines is 1. The number of piperazine rings is 1. The summed E-state index contributed by atoms with van der Waals surface area (Å²) in [6.07, 6.45) is 1.81. The van der Waals surface area contributed by atoms with E-state index in [0.717, 1.165) is 50.4 Å². The van der Waals surface area contributed by atoms with Crippen molar-refractivity contribution in [2.75, 3.05) is 37.6 Å². The summed E-state index contributed by atoms with van der Waals surface area (Å²) in [5, 5.41) is 4.03. The lowest BCUT2D eigenvalue weighted by atomic mass is 9.99. The van der Waals surface area contributed by atoms with Crippen molar-refractivity contribution in [1.82, 2.24) is 19.9 Å². The van der Waals surface area contributed by atoms with Gasteiger partial charge in [-0.1, -0.05) is 36.3 Å². The molecule has 2 aromatic carbocycles. The monoisotopic (exact) mass is 431 g/mol. The first kappa shape index (κ1) is 20.7. The molecule has 1 saturated heterocycles. The number of aromatic nitrogens is 2. The number of carbonyl (C=O) groups is 1. The Morgan fingerprint density at radius 3 is 2.44 bits per heavy atom. The van der Waals surface area contributed by atoms with Crippen LogP contribution >= 0.6 is 0 Å². The van der Waals surface area contributed by atoms with Crippen molar-refractivity contribution in [2.24, 2.45) is 0 Å².